The van der Waals surface area contributed by atoms with E-state index in [0.29, 0.717) is 0 Å². The fraction of sp³-hybridized carbons (Fsp3) is 0.667. The van der Waals surface area contributed by atoms with Gasteiger partial charge in [-0.05, 0) is 27.7 Å². The van der Waals surface area contributed by atoms with Crippen molar-refractivity contribution in [1.82, 2.24) is 9.19 Å². The van der Waals surface area contributed by atoms with Crippen molar-refractivity contribution >= 4 is 24.9 Å². The zero-order valence-electron chi connectivity index (χ0n) is 9.73. The Hall–Kier alpha value is -0.525. The molecule has 16 heavy (non-hydrogen) atoms. The third kappa shape index (κ3) is 1.87. The molecule has 1 aliphatic rings. The van der Waals surface area contributed by atoms with Gasteiger partial charge in [0, 0.05) is 17.9 Å². The lowest BCUT2D eigenvalue weighted by atomic mass is 9.82. The lowest BCUT2D eigenvalue weighted by molar-refractivity contribution is 0.00578. The van der Waals surface area contributed by atoms with Gasteiger partial charge in [-0.3, -0.25) is 0 Å². The fourth-order valence-corrected chi connectivity index (χ4v) is 1.70. The molecule has 7 heteroatoms. The number of hydrogen-bond donors (Lipinski definition) is 0. The van der Waals surface area contributed by atoms with Crippen molar-refractivity contribution in [3.63, 3.8) is 0 Å². The number of nitrogens with zero attached hydrogens (tertiary/aromatic N) is 2. The van der Waals surface area contributed by atoms with Gasteiger partial charge >= 0.3 is 7.12 Å². The first-order valence-corrected chi connectivity index (χ1v) is 5.72. The average Bonchev–Trinajstić information content (AvgIpc) is 2.70. The minimum absolute atomic E-state index is 0.0427. The van der Waals surface area contributed by atoms with Crippen LogP contribution in [0.1, 0.15) is 27.7 Å². The topological polar surface area (TPSA) is 36.3 Å². The Kier molecular flexibility index (Phi) is 2.80. The van der Waals surface area contributed by atoms with Gasteiger partial charge in [0.2, 0.25) is 0 Å². The maximum Gasteiger partial charge on any atom is 0.498 e. The molecule has 1 aliphatic heterocycles. The van der Waals surface area contributed by atoms with Crippen LogP contribution < -0.4 is 5.46 Å². The standard InChI is InChI=1S/C9H14BFN2O2S/c1-8(2)9(3,4)15-10(14-8)7-5-12-13(6-7)16-11/h5-6H,1-4H3. The van der Waals surface area contributed by atoms with Crippen LogP contribution in [-0.2, 0) is 9.31 Å². The van der Waals surface area contributed by atoms with Crippen LogP contribution in [-0.4, -0.2) is 27.5 Å². The number of hydrogen-bond acceptors (Lipinski definition) is 4. The normalized spacial score (nSPS) is 22.7. The van der Waals surface area contributed by atoms with Gasteiger partial charge in [0.05, 0.1) is 11.2 Å². The van der Waals surface area contributed by atoms with Crippen LogP contribution in [0.25, 0.3) is 0 Å². The largest absolute Gasteiger partial charge is 0.498 e. The molecular formula is C9H14BFN2O2S. The molecule has 0 N–H and O–H groups in total. The van der Waals surface area contributed by atoms with Gasteiger partial charge in [-0.15, -0.1) is 3.89 Å². The van der Waals surface area contributed by atoms with E-state index in [4.69, 9.17) is 9.31 Å². The smallest absolute Gasteiger partial charge is 0.399 e. The van der Waals surface area contributed by atoms with Gasteiger partial charge in [-0.1, -0.05) is 0 Å². The van der Waals surface area contributed by atoms with Crippen molar-refractivity contribution in [3.05, 3.63) is 12.4 Å². The summed E-state index contributed by atoms with van der Waals surface area (Å²) in [5, 5.41) is 3.82. The van der Waals surface area contributed by atoms with Crippen LogP contribution in [0.5, 0.6) is 0 Å². The van der Waals surface area contributed by atoms with E-state index < -0.39 is 7.12 Å². The Balaban J connectivity index is 2.20. The summed E-state index contributed by atoms with van der Waals surface area (Å²) in [5.41, 5.74) is -0.0468. The molecule has 0 aliphatic carbocycles. The van der Waals surface area contributed by atoms with E-state index >= 15 is 0 Å². The lowest BCUT2D eigenvalue weighted by Crippen LogP contribution is -2.41. The summed E-state index contributed by atoms with van der Waals surface area (Å²) in [5.74, 6) is 0. The van der Waals surface area contributed by atoms with Gasteiger partial charge < -0.3 is 9.31 Å². The SMILES string of the molecule is CC1(C)OB(c2cnn(SF)c2)OC1(C)C. The van der Waals surface area contributed by atoms with Crippen LogP contribution in [0, 0.1) is 0 Å². The molecule has 1 aromatic heterocycles. The Bertz CT molecular complexity index is 381. The van der Waals surface area contributed by atoms with Gasteiger partial charge in [0.15, 0.2) is 12.3 Å². The van der Waals surface area contributed by atoms with Crippen LogP contribution in [0.4, 0.5) is 3.89 Å². The molecule has 1 saturated heterocycles. The molecule has 1 fully saturated rings. The molecule has 0 amide bonds. The second-order valence-corrected chi connectivity index (χ2v) is 5.35. The monoisotopic (exact) mass is 244 g/mol. The van der Waals surface area contributed by atoms with E-state index in [0.717, 1.165) is 9.55 Å². The van der Waals surface area contributed by atoms with E-state index in [1.54, 1.807) is 12.4 Å². The van der Waals surface area contributed by atoms with Crippen molar-refractivity contribution in [2.24, 2.45) is 0 Å². The summed E-state index contributed by atoms with van der Waals surface area (Å²) in [6.45, 7) is 7.89. The van der Waals surface area contributed by atoms with Crippen molar-refractivity contribution in [1.29, 1.82) is 0 Å². The third-order valence-corrected chi connectivity index (χ3v) is 3.52. The van der Waals surface area contributed by atoms with Crippen molar-refractivity contribution in [3.8, 4) is 0 Å². The third-order valence-electron chi connectivity index (χ3n) is 3.18. The predicted molar refractivity (Wildman–Crippen MR) is 62.0 cm³/mol. The van der Waals surface area contributed by atoms with E-state index in [1.165, 1.54) is 0 Å². The molecule has 0 saturated carbocycles. The minimum Gasteiger partial charge on any atom is -0.399 e. The molecule has 0 bridgehead atoms. The first-order valence-electron chi connectivity index (χ1n) is 5.05. The molecular weight excluding hydrogens is 230 g/mol. The average molecular weight is 244 g/mol. The second kappa shape index (κ2) is 3.75. The fourth-order valence-electron chi connectivity index (χ4n) is 1.46. The van der Waals surface area contributed by atoms with E-state index in [-0.39, 0.29) is 23.5 Å². The Morgan fingerprint density at radius 1 is 1.31 bits per heavy atom. The highest BCUT2D eigenvalue weighted by Gasteiger charge is 2.52. The molecule has 0 atom stereocenters. The lowest BCUT2D eigenvalue weighted by Gasteiger charge is -2.32. The highest BCUT2D eigenvalue weighted by molar-refractivity contribution is 7.92. The van der Waals surface area contributed by atoms with E-state index in [2.05, 4.69) is 5.10 Å². The van der Waals surface area contributed by atoms with Gasteiger partial charge in [0.25, 0.3) is 0 Å². The Morgan fingerprint density at radius 3 is 2.31 bits per heavy atom. The van der Waals surface area contributed by atoms with Crippen LogP contribution >= 0.6 is 12.3 Å². The predicted octanol–water partition coefficient (Wildman–Crippen LogP) is 1.56. The molecule has 2 rings (SSSR count). The Labute approximate surface area is 99.1 Å². The summed E-state index contributed by atoms with van der Waals surface area (Å²) in [7, 11) is -0.481. The molecule has 4 nitrogen and oxygen atoms in total. The molecule has 1 aromatic rings. The molecule has 0 unspecified atom stereocenters. The quantitative estimate of drug-likeness (QED) is 0.740. The van der Waals surface area contributed by atoms with Gasteiger partial charge in [-0.2, -0.15) is 9.19 Å². The first kappa shape index (κ1) is 11.9. The highest BCUT2D eigenvalue weighted by atomic mass is 32.2. The van der Waals surface area contributed by atoms with E-state index in [1.807, 2.05) is 27.7 Å². The zero-order valence-corrected chi connectivity index (χ0v) is 10.5. The van der Waals surface area contributed by atoms with Crippen molar-refractivity contribution in [2.75, 3.05) is 0 Å². The minimum atomic E-state index is -0.481. The summed E-state index contributed by atoms with van der Waals surface area (Å²) >= 11 is 0.0427. The first-order chi connectivity index (χ1) is 7.36. The maximum atomic E-state index is 12.3. The van der Waals surface area contributed by atoms with Gasteiger partial charge in [-0.25, -0.2) is 0 Å². The maximum absolute atomic E-state index is 12.3. The summed E-state index contributed by atoms with van der Waals surface area (Å²) in [6, 6.07) is 0. The molecule has 0 radical (unpaired) electrons. The second-order valence-electron chi connectivity index (χ2n) is 4.83. The van der Waals surface area contributed by atoms with Crippen LogP contribution in [0.2, 0.25) is 0 Å². The molecule has 0 aromatic carbocycles. The van der Waals surface area contributed by atoms with Gasteiger partial charge in [0.1, 0.15) is 0 Å². The summed E-state index contributed by atoms with van der Waals surface area (Å²) < 4.78 is 25.0. The molecule has 0 spiro atoms. The Morgan fingerprint density at radius 2 is 1.88 bits per heavy atom. The highest BCUT2D eigenvalue weighted by Crippen LogP contribution is 2.36. The molecule has 88 valence electrons. The number of halogens is 1. The zero-order chi connectivity index (χ0) is 12.0. The summed E-state index contributed by atoms with van der Waals surface area (Å²) in [6.07, 6.45) is 3.11. The van der Waals surface area contributed by atoms with Crippen LogP contribution in [0.15, 0.2) is 12.4 Å². The molecule has 2 heterocycles. The van der Waals surface area contributed by atoms with Crippen molar-refractivity contribution in [2.45, 2.75) is 38.9 Å². The van der Waals surface area contributed by atoms with Crippen LogP contribution in [0.3, 0.4) is 0 Å². The van der Waals surface area contributed by atoms with Crippen molar-refractivity contribution < 1.29 is 13.2 Å². The van der Waals surface area contributed by atoms with E-state index in [9.17, 15) is 3.89 Å². The summed E-state index contributed by atoms with van der Waals surface area (Å²) in [4.78, 5) is 0. The number of aromatic nitrogens is 2. The number of rotatable bonds is 2.